The minimum Gasteiger partial charge on any atom is -0.354 e. The summed E-state index contributed by atoms with van der Waals surface area (Å²) < 4.78 is 28.7. The molecule has 2 nitrogen and oxygen atoms in total. The van der Waals surface area contributed by atoms with E-state index in [4.69, 9.17) is 12.8 Å². The highest BCUT2D eigenvalue weighted by molar-refractivity contribution is 5.14. The minimum absolute atomic E-state index is 0.0694. The predicted molar refractivity (Wildman–Crippen MR) is 418 cm³/mol. The van der Waals surface area contributed by atoms with Crippen molar-refractivity contribution in [1.29, 1.82) is 0 Å². The van der Waals surface area contributed by atoms with Gasteiger partial charge in [0.15, 0.2) is 0 Å². The highest BCUT2D eigenvalue weighted by Crippen LogP contribution is 2.72. The monoisotopic (exact) mass is 1300 g/mol. The smallest absolute Gasteiger partial charge is 0.248 e. The van der Waals surface area contributed by atoms with Gasteiger partial charge in [0.05, 0.1) is 0 Å². The van der Waals surface area contributed by atoms with Gasteiger partial charge in [-0.3, -0.25) is 0 Å². The Hall–Kier alpha value is -2.46. The standard InChI is InChI=1S/C10H17N.C10H18.C9H15N.2C8H14.C8H16.C8H18.C8H14.C7H12F2.C7H16.C6H14/c1-8(2)9(3)10-6-5-7-11(10)4;1-7-10(6,8(2)3)9(4)5;1-8(2)7-9-5-4-6-10(9)3;1-6(2)8-3-7(4-8)5-8;1-6(2)7-5-8(7)3-4-8;1-7(2)8(3)5-4-6-8;2*1-6-8(4,5)7(2)3;1-5(2)6-3-7(8,9)4-6;1-5-7(4)6(2)3;1-5(2)6(3)4/h5-9H,1-4H3;1,8-9H,2-6H3;4-6,8H,7H2,1-3H3;2*6-7H,3-5H2,1-2H3;7H,4-6H2,1-3H3;7H,6H2,1-5H3;1,7H,2-5H3;5-6H,3-4H2,1-2H3;6-7H,5H2,1-4H3;5-6H,1-4H3. The first-order chi connectivity index (χ1) is 42.2. The van der Waals surface area contributed by atoms with E-state index in [1.807, 2.05) is 13.8 Å². The molecule has 0 aromatic carbocycles. The molecule has 7 aliphatic rings. The number of hydrogen-bond acceptors (Lipinski definition) is 0. The van der Waals surface area contributed by atoms with Crippen LogP contribution < -0.4 is 0 Å². The Morgan fingerprint density at radius 1 is 0.538 bits per heavy atom. The lowest BCUT2D eigenvalue weighted by atomic mass is 9.41. The van der Waals surface area contributed by atoms with Crippen LogP contribution in [0.25, 0.3) is 0 Å². The summed E-state index contributed by atoms with van der Waals surface area (Å²) in [5.74, 6) is 17.3. The maximum Gasteiger partial charge on any atom is 0.248 e. The fourth-order valence-corrected chi connectivity index (χ4v) is 11.3. The lowest BCUT2D eigenvalue weighted by Gasteiger charge is -2.64. The van der Waals surface area contributed by atoms with Gasteiger partial charge >= 0.3 is 0 Å². The van der Waals surface area contributed by atoms with E-state index in [2.05, 4.69) is 307 Å². The second kappa shape index (κ2) is 43.2. The summed E-state index contributed by atoms with van der Waals surface area (Å²) >= 11 is 0. The van der Waals surface area contributed by atoms with Gasteiger partial charge in [-0.2, -0.15) is 0 Å². The second-order valence-electron chi connectivity index (χ2n) is 37.0. The molecule has 0 radical (unpaired) electrons. The molecule has 2 bridgehead atoms. The first kappa shape index (κ1) is 94.7. The summed E-state index contributed by atoms with van der Waals surface area (Å²) in [4.78, 5) is 0. The zero-order chi connectivity index (χ0) is 73.8. The summed E-state index contributed by atoms with van der Waals surface area (Å²) in [7, 11) is 4.20. The molecule has 2 heterocycles. The Bertz CT molecular complexity index is 2200. The molecule has 0 amide bonds. The van der Waals surface area contributed by atoms with E-state index in [1.165, 1.54) is 49.9 Å². The molecule has 0 N–H and O–H groups in total. The van der Waals surface area contributed by atoms with Crippen LogP contribution in [0.4, 0.5) is 8.78 Å². The van der Waals surface area contributed by atoms with Gasteiger partial charge in [0.1, 0.15) is 0 Å². The molecular weight excluding hydrogens is 1130 g/mol. The molecule has 0 saturated heterocycles. The Morgan fingerprint density at radius 3 is 1.10 bits per heavy atom. The van der Waals surface area contributed by atoms with Gasteiger partial charge in [0.2, 0.25) is 5.92 Å². The van der Waals surface area contributed by atoms with Crippen molar-refractivity contribution in [3.05, 3.63) is 48.0 Å². The van der Waals surface area contributed by atoms with Crippen LogP contribution in [0, 0.1) is 158 Å². The molecule has 1 spiro atoms. The van der Waals surface area contributed by atoms with E-state index in [1.54, 1.807) is 38.5 Å². The van der Waals surface area contributed by atoms with E-state index >= 15 is 0 Å². The van der Waals surface area contributed by atoms with Crippen LogP contribution >= 0.6 is 0 Å². The SMILES string of the molecule is C#CC(C)(C(C)C)C(C)C.C#CC(C)(C)C(C)C.CC(C)C(C)C.CC(C)C(C)c1cccn1C.CC(C)C1(C)CCC1.CC(C)C12CC(C1)C2.CC(C)C1CC(F)(F)C1.CC(C)C1CC12CC2.CC(C)Cc1cccn1C.CCC(C)(C)C(C)C.CCC(C)C(C)C. The lowest BCUT2D eigenvalue weighted by Crippen LogP contribution is -2.54. The molecule has 4 heteroatoms. The number of nitrogens with zero attached hydrogens (tertiary/aromatic N) is 2. The second-order valence-corrected chi connectivity index (χ2v) is 37.0. The third-order valence-electron chi connectivity index (χ3n) is 25.4. The van der Waals surface area contributed by atoms with Crippen molar-refractivity contribution in [3.63, 3.8) is 0 Å². The molecule has 3 atom stereocenters. The van der Waals surface area contributed by atoms with E-state index in [0.717, 1.165) is 87.3 Å². The number of aryl methyl sites for hydroxylation is 2. The van der Waals surface area contributed by atoms with Gasteiger partial charge in [0, 0.05) is 61.5 Å². The molecule has 548 valence electrons. The van der Waals surface area contributed by atoms with E-state index < -0.39 is 5.92 Å². The molecular formula is C89H168F2N2. The van der Waals surface area contributed by atoms with Crippen LogP contribution in [0.5, 0.6) is 0 Å². The van der Waals surface area contributed by atoms with Gasteiger partial charge in [-0.1, -0.05) is 254 Å². The van der Waals surface area contributed by atoms with E-state index in [9.17, 15) is 8.78 Å². The van der Waals surface area contributed by atoms with Gasteiger partial charge in [-0.25, -0.2) is 8.78 Å². The molecule has 7 aliphatic carbocycles. The van der Waals surface area contributed by atoms with E-state index in [-0.39, 0.29) is 29.6 Å². The normalized spacial score (nSPS) is 20.5. The van der Waals surface area contributed by atoms with Crippen molar-refractivity contribution >= 4 is 0 Å². The Kier molecular flexibility index (Phi) is 44.0. The average molecular weight is 1300 g/mol. The summed E-state index contributed by atoms with van der Waals surface area (Å²) in [5.41, 5.74) is 6.06. The fourth-order valence-electron chi connectivity index (χ4n) is 11.3. The van der Waals surface area contributed by atoms with Crippen LogP contribution in [0.2, 0.25) is 0 Å². The highest BCUT2D eigenvalue weighted by Gasteiger charge is 2.63. The van der Waals surface area contributed by atoms with Crippen molar-refractivity contribution in [2.24, 2.45) is 147 Å². The van der Waals surface area contributed by atoms with E-state index in [0.29, 0.717) is 35.0 Å². The molecule has 7 fully saturated rings. The maximum absolute atomic E-state index is 12.1. The van der Waals surface area contributed by atoms with Gasteiger partial charge in [0.25, 0.3) is 0 Å². The summed E-state index contributed by atoms with van der Waals surface area (Å²) in [6, 6.07) is 8.58. The number of terminal acetylenes is 2. The molecule has 2 aromatic rings. The van der Waals surface area contributed by atoms with Crippen LogP contribution in [0.15, 0.2) is 36.7 Å². The van der Waals surface area contributed by atoms with Gasteiger partial charge in [-0.15, -0.1) is 18.8 Å². The Labute approximate surface area is 585 Å². The summed E-state index contributed by atoms with van der Waals surface area (Å²) in [6.45, 7) is 80.6. The molecule has 93 heavy (non-hydrogen) atoms. The Balaban J connectivity index is -0.000000961. The molecule has 9 rings (SSSR count). The predicted octanol–water partition coefficient (Wildman–Crippen LogP) is 28.7. The van der Waals surface area contributed by atoms with Crippen molar-refractivity contribution < 1.29 is 8.78 Å². The first-order valence-corrected chi connectivity index (χ1v) is 38.8. The number of rotatable bonds is 16. The van der Waals surface area contributed by atoms with Crippen LogP contribution in [0.3, 0.4) is 0 Å². The Morgan fingerprint density at radius 2 is 0.989 bits per heavy atom. The maximum atomic E-state index is 12.1. The summed E-state index contributed by atoms with van der Waals surface area (Å²) in [5, 5.41) is 0. The minimum atomic E-state index is -2.32. The summed E-state index contributed by atoms with van der Waals surface area (Å²) in [6.07, 6.45) is 32.7. The molecule has 2 aromatic heterocycles. The molecule has 7 saturated carbocycles. The quantitative estimate of drug-likeness (QED) is 0.148. The van der Waals surface area contributed by atoms with Crippen LogP contribution in [-0.4, -0.2) is 15.1 Å². The van der Waals surface area contributed by atoms with Crippen molar-refractivity contribution in [3.8, 4) is 24.7 Å². The zero-order valence-electron chi connectivity index (χ0n) is 70.1. The number of halogens is 2. The average Bonchev–Trinajstić information content (AvgIpc) is 1.70. The van der Waals surface area contributed by atoms with Crippen LogP contribution in [0.1, 0.15) is 350 Å². The third-order valence-corrected chi connectivity index (χ3v) is 25.4. The van der Waals surface area contributed by atoms with Crippen molar-refractivity contribution in [1.82, 2.24) is 9.13 Å². The number of aromatic nitrogens is 2. The van der Waals surface area contributed by atoms with Crippen molar-refractivity contribution in [2.75, 3.05) is 0 Å². The molecule has 3 unspecified atom stereocenters. The van der Waals surface area contributed by atoms with Crippen LogP contribution in [-0.2, 0) is 20.5 Å². The third kappa shape index (κ3) is 35.2. The number of alkyl halides is 2. The van der Waals surface area contributed by atoms with Gasteiger partial charge in [-0.05, 0) is 231 Å². The first-order valence-electron chi connectivity index (χ1n) is 38.8. The topological polar surface area (TPSA) is 9.86 Å². The zero-order valence-corrected chi connectivity index (χ0v) is 70.1. The number of hydrogen-bond donors (Lipinski definition) is 0. The largest absolute Gasteiger partial charge is 0.354 e. The highest BCUT2D eigenvalue weighted by atomic mass is 19.3. The van der Waals surface area contributed by atoms with Gasteiger partial charge < -0.3 is 9.13 Å². The fraction of sp³-hybridized carbons (Fsp3) is 0.865. The molecule has 0 aliphatic heterocycles. The lowest BCUT2D eigenvalue weighted by molar-refractivity contribution is -0.141. The van der Waals surface area contributed by atoms with Crippen molar-refractivity contribution in [2.45, 2.75) is 351 Å².